The van der Waals surface area contributed by atoms with Crippen LogP contribution < -0.4 is 9.47 Å². The van der Waals surface area contributed by atoms with E-state index in [2.05, 4.69) is 42.2 Å². The van der Waals surface area contributed by atoms with Crippen LogP contribution in [0.15, 0.2) is 83.5 Å². The molecule has 138 valence electrons. The molecule has 0 saturated heterocycles. The molecule has 0 N–H and O–H groups in total. The van der Waals surface area contributed by atoms with Crippen molar-refractivity contribution in [2.24, 2.45) is 4.99 Å². The van der Waals surface area contributed by atoms with Crippen molar-refractivity contribution in [2.45, 2.75) is 25.4 Å². The summed E-state index contributed by atoms with van der Waals surface area (Å²) in [7, 11) is 1.70. The highest BCUT2D eigenvalue weighted by molar-refractivity contribution is 5.89. The van der Waals surface area contributed by atoms with Crippen LogP contribution in [0.4, 0.5) is 0 Å². The van der Waals surface area contributed by atoms with E-state index >= 15 is 0 Å². The molecule has 4 heteroatoms. The van der Waals surface area contributed by atoms with E-state index in [9.17, 15) is 0 Å². The third kappa shape index (κ3) is 3.47. The van der Waals surface area contributed by atoms with E-state index in [4.69, 9.17) is 14.5 Å². The zero-order valence-corrected chi connectivity index (χ0v) is 15.8. The van der Waals surface area contributed by atoms with Crippen LogP contribution >= 0.6 is 0 Å². The summed E-state index contributed by atoms with van der Waals surface area (Å²) in [6, 6.07) is 18.1. The van der Waals surface area contributed by atoms with Gasteiger partial charge in [-0.2, -0.15) is 0 Å². The van der Waals surface area contributed by atoms with Crippen LogP contribution in [0.25, 0.3) is 0 Å². The SMILES string of the molecule is COc1cccc(CN2C(COc3ccccc3)=NC3=CC=CCC32C)c1. The van der Waals surface area contributed by atoms with Gasteiger partial charge in [-0.15, -0.1) is 0 Å². The number of allylic oxidation sites excluding steroid dienone is 2. The highest BCUT2D eigenvalue weighted by Crippen LogP contribution is 2.39. The van der Waals surface area contributed by atoms with E-state index in [1.807, 2.05) is 42.5 Å². The minimum absolute atomic E-state index is 0.146. The lowest BCUT2D eigenvalue weighted by Gasteiger charge is -2.38. The Morgan fingerprint density at radius 2 is 1.89 bits per heavy atom. The molecule has 0 saturated carbocycles. The van der Waals surface area contributed by atoms with Gasteiger partial charge >= 0.3 is 0 Å². The minimum Gasteiger partial charge on any atom is -0.497 e. The van der Waals surface area contributed by atoms with Gasteiger partial charge in [0.25, 0.3) is 0 Å². The summed E-state index contributed by atoms with van der Waals surface area (Å²) in [4.78, 5) is 7.27. The molecule has 0 fully saturated rings. The average Bonchev–Trinajstić information content (AvgIpc) is 2.99. The fourth-order valence-corrected chi connectivity index (χ4v) is 3.63. The number of amidine groups is 1. The molecule has 1 unspecified atom stereocenters. The number of methoxy groups -OCH3 is 1. The monoisotopic (exact) mass is 360 g/mol. The molecule has 0 bridgehead atoms. The lowest BCUT2D eigenvalue weighted by Crippen LogP contribution is -2.47. The van der Waals surface area contributed by atoms with Gasteiger partial charge < -0.3 is 14.4 Å². The van der Waals surface area contributed by atoms with E-state index in [0.717, 1.165) is 36.0 Å². The highest BCUT2D eigenvalue weighted by Gasteiger charge is 2.43. The van der Waals surface area contributed by atoms with Crippen molar-refractivity contribution in [1.82, 2.24) is 4.90 Å². The number of para-hydroxylation sites is 1. The Hall–Kier alpha value is -3.01. The van der Waals surface area contributed by atoms with Crippen LogP contribution in [-0.4, -0.2) is 30.0 Å². The van der Waals surface area contributed by atoms with Crippen molar-refractivity contribution in [3.8, 4) is 11.5 Å². The molecule has 0 radical (unpaired) electrons. The van der Waals surface area contributed by atoms with E-state index in [1.54, 1.807) is 7.11 Å². The fraction of sp³-hybridized carbons (Fsp3) is 0.261. The van der Waals surface area contributed by atoms with Gasteiger partial charge in [-0.05, 0) is 49.2 Å². The summed E-state index contributed by atoms with van der Waals surface area (Å²) in [5.41, 5.74) is 2.14. The number of rotatable bonds is 6. The first kappa shape index (κ1) is 17.4. The Bertz CT molecular complexity index is 902. The molecule has 1 aliphatic carbocycles. The standard InChI is InChI=1S/C23H24N2O2/c1-23-14-7-6-13-21(23)24-22(17-27-19-10-4-3-5-11-19)25(23)16-18-9-8-12-20(15-18)26-2/h3-13,15H,14,16-17H2,1-2H3. The second-order valence-corrected chi connectivity index (χ2v) is 7.03. The number of hydrogen-bond donors (Lipinski definition) is 0. The van der Waals surface area contributed by atoms with Crippen molar-refractivity contribution in [3.05, 3.63) is 84.1 Å². The molecule has 1 heterocycles. The molecule has 1 atom stereocenters. The summed E-state index contributed by atoms with van der Waals surface area (Å²) >= 11 is 0. The van der Waals surface area contributed by atoms with Gasteiger partial charge in [-0.25, -0.2) is 4.99 Å². The minimum atomic E-state index is -0.146. The smallest absolute Gasteiger partial charge is 0.146 e. The maximum Gasteiger partial charge on any atom is 0.146 e. The van der Waals surface area contributed by atoms with Crippen LogP contribution in [0.2, 0.25) is 0 Å². The summed E-state index contributed by atoms with van der Waals surface area (Å²) in [6.07, 6.45) is 7.34. The van der Waals surface area contributed by atoms with Gasteiger partial charge in [-0.3, -0.25) is 0 Å². The first-order valence-electron chi connectivity index (χ1n) is 9.22. The largest absolute Gasteiger partial charge is 0.497 e. The number of nitrogens with zero attached hydrogens (tertiary/aromatic N) is 2. The summed E-state index contributed by atoms with van der Waals surface area (Å²) in [5, 5.41) is 0. The maximum absolute atomic E-state index is 6.01. The second-order valence-electron chi connectivity index (χ2n) is 7.03. The lowest BCUT2D eigenvalue weighted by molar-refractivity contribution is 0.229. The van der Waals surface area contributed by atoms with E-state index < -0.39 is 0 Å². The summed E-state index contributed by atoms with van der Waals surface area (Å²) < 4.78 is 11.4. The molecule has 4 rings (SSSR count). The molecule has 4 nitrogen and oxygen atoms in total. The van der Waals surface area contributed by atoms with Crippen molar-refractivity contribution in [1.29, 1.82) is 0 Å². The summed E-state index contributed by atoms with van der Waals surface area (Å²) in [5.74, 6) is 2.68. The highest BCUT2D eigenvalue weighted by atomic mass is 16.5. The molecule has 0 spiro atoms. The zero-order valence-electron chi connectivity index (χ0n) is 15.8. The van der Waals surface area contributed by atoms with Crippen LogP contribution in [0.3, 0.4) is 0 Å². The van der Waals surface area contributed by atoms with Gasteiger partial charge in [0, 0.05) is 6.54 Å². The van der Waals surface area contributed by atoms with Crippen LogP contribution in [0.5, 0.6) is 11.5 Å². The third-order valence-corrected chi connectivity index (χ3v) is 5.20. The van der Waals surface area contributed by atoms with Gasteiger partial charge in [0.1, 0.15) is 23.9 Å². The Morgan fingerprint density at radius 1 is 1.07 bits per heavy atom. The van der Waals surface area contributed by atoms with Crippen molar-refractivity contribution >= 4 is 5.84 Å². The quantitative estimate of drug-likeness (QED) is 0.755. The Balaban J connectivity index is 1.59. The Kier molecular flexibility index (Phi) is 4.71. The first-order chi connectivity index (χ1) is 13.2. The number of fused-ring (bicyclic) bond motifs is 1. The predicted molar refractivity (Wildman–Crippen MR) is 108 cm³/mol. The van der Waals surface area contributed by atoms with Gasteiger partial charge in [0.15, 0.2) is 0 Å². The lowest BCUT2D eigenvalue weighted by atomic mass is 9.89. The van der Waals surface area contributed by atoms with Crippen molar-refractivity contribution < 1.29 is 9.47 Å². The van der Waals surface area contributed by atoms with Crippen LogP contribution in [0.1, 0.15) is 18.9 Å². The fourth-order valence-electron chi connectivity index (χ4n) is 3.63. The van der Waals surface area contributed by atoms with Gasteiger partial charge in [0.05, 0.1) is 18.3 Å². The number of hydrogen-bond acceptors (Lipinski definition) is 4. The number of benzene rings is 2. The topological polar surface area (TPSA) is 34.1 Å². The zero-order chi connectivity index (χ0) is 18.7. The number of ether oxygens (including phenoxy) is 2. The summed E-state index contributed by atoms with van der Waals surface area (Å²) in [6.45, 7) is 3.46. The molecule has 2 aliphatic rings. The van der Waals surface area contributed by atoms with Crippen molar-refractivity contribution in [3.63, 3.8) is 0 Å². The molecular formula is C23H24N2O2. The second kappa shape index (κ2) is 7.31. The Morgan fingerprint density at radius 3 is 2.70 bits per heavy atom. The Labute approximate surface area is 160 Å². The van der Waals surface area contributed by atoms with Crippen LogP contribution in [0, 0.1) is 0 Å². The molecule has 27 heavy (non-hydrogen) atoms. The third-order valence-electron chi connectivity index (χ3n) is 5.20. The molecule has 0 amide bonds. The molecular weight excluding hydrogens is 336 g/mol. The molecule has 0 aromatic heterocycles. The van der Waals surface area contributed by atoms with E-state index in [0.29, 0.717) is 6.61 Å². The van der Waals surface area contributed by atoms with E-state index in [1.165, 1.54) is 5.56 Å². The maximum atomic E-state index is 6.01. The van der Waals surface area contributed by atoms with Gasteiger partial charge in [-0.1, -0.05) is 42.5 Å². The average molecular weight is 360 g/mol. The number of aliphatic imine (C=N–C) groups is 1. The molecule has 2 aromatic rings. The molecule has 1 aliphatic heterocycles. The predicted octanol–water partition coefficient (Wildman–Crippen LogP) is 4.59. The van der Waals surface area contributed by atoms with Crippen LogP contribution in [-0.2, 0) is 6.54 Å². The van der Waals surface area contributed by atoms with E-state index in [-0.39, 0.29) is 5.54 Å². The normalized spacial score (nSPS) is 20.7. The van der Waals surface area contributed by atoms with Gasteiger partial charge in [0.2, 0.25) is 0 Å². The van der Waals surface area contributed by atoms with Crippen molar-refractivity contribution in [2.75, 3.05) is 13.7 Å². The molecule has 2 aromatic carbocycles. The first-order valence-corrected chi connectivity index (χ1v) is 9.22.